The molecule has 2 aromatic heterocycles. The number of pyridine rings is 2. The van der Waals surface area contributed by atoms with Gasteiger partial charge in [-0.25, -0.2) is 9.78 Å². The van der Waals surface area contributed by atoms with Crippen molar-refractivity contribution in [3.05, 3.63) is 70.8 Å². The normalized spacial score (nSPS) is 11.8. The van der Waals surface area contributed by atoms with Crippen molar-refractivity contribution in [3.63, 3.8) is 0 Å². The van der Waals surface area contributed by atoms with Crippen molar-refractivity contribution in [1.29, 1.82) is 0 Å². The van der Waals surface area contributed by atoms with Crippen molar-refractivity contribution >= 4 is 34.4 Å². The van der Waals surface area contributed by atoms with Gasteiger partial charge in [0, 0.05) is 23.2 Å². The first kappa shape index (κ1) is 20.6. The molecule has 0 unspecified atom stereocenters. The minimum Gasteiger partial charge on any atom is -0.467 e. The summed E-state index contributed by atoms with van der Waals surface area (Å²) < 4.78 is 6.16. The first-order chi connectivity index (χ1) is 14.1. The Kier molecular flexibility index (Phi) is 6.66. The maximum Gasteiger partial charge on any atom is 0.328 e. The highest BCUT2D eigenvalue weighted by Gasteiger charge is 2.24. The van der Waals surface area contributed by atoms with Crippen molar-refractivity contribution in [1.82, 2.24) is 14.9 Å². The van der Waals surface area contributed by atoms with Crippen molar-refractivity contribution in [2.45, 2.75) is 12.5 Å². The van der Waals surface area contributed by atoms with E-state index in [9.17, 15) is 14.4 Å². The fourth-order valence-corrected chi connectivity index (χ4v) is 3.47. The van der Waals surface area contributed by atoms with Crippen molar-refractivity contribution in [2.75, 3.05) is 19.1 Å². The molecule has 1 amide bonds. The molecule has 0 spiro atoms. The number of fused-ring (bicyclic) bond motifs is 1. The number of esters is 1. The number of carbonyl (C=O) groups is 2. The minimum atomic E-state index is -0.769. The largest absolute Gasteiger partial charge is 0.467 e. The molecule has 2 heterocycles. The molecule has 0 aliphatic carbocycles. The van der Waals surface area contributed by atoms with Gasteiger partial charge in [0.15, 0.2) is 0 Å². The highest BCUT2D eigenvalue weighted by molar-refractivity contribution is 7.98. The number of hydrogen-bond donors (Lipinski definition) is 1. The SMILES string of the molecule is COC(=O)[C@@H](CCSC)NC(=O)c1cn(-c2ccccn2)c(=O)c2ccccc12. The Labute approximate surface area is 172 Å². The molecule has 1 atom stereocenters. The summed E-state index contributed by atoms with van der Waals surface area (Å²) in [7, 11) is 1.29. The topological polar surface area (TPSA) is 90.3 Å². The molecule has 29 heavy (non-hydrogen) atoms. The Bertz CT molecular complexity index is 1080. The first-order valence-electron chi connectivity index (χ1n) is 9.00. The third-order valence-corrected chi connectivity index (χ3v) is 5.11. The van der Waals surface area contributed by atoms with E-state index >= 15 is 0 Å². The lowest BCUT2D eigenvalue weighted by Gasteiger charge is -2.17. The van der Waals surface area contributed by atoms with Crippen LogP contribution in [0.25, 0.3) is 16.6 Å². The van der Waals surface area contributed by atoms with Gasteiger partial charge in [-0.15, -0.1) is 0 Å². The fourth-order valence-electron chi connectivity index (χ4n) is 3.00. The highest BCUT2D eigenvalue weighted by atomic mass is 32.2. The fraction of sp³-hybridized carbons (Fsp3) is 0.238. The predicted molar refractivity (Wildman–Crippen MR) is 114 cm³/mol. The van der Waals surface area contributed by atoms with Gasteiger partial charge in [0.05, 0.1) is 12.7 Å². The number of hydrogen-bond acceptors (Lipinski definition) is 6. The summed E-state index contributed by atoms with van der Waals surface area (Å²) >= 11 is 1.57. The maximum absolute atomic E-state index is 13.1. The zero-order valence-electron chi connectivity index (χ0n) is 16.1. The molecule has 0 radical (unpaired) electrons. The lowest BCUT2D eigenvalue weighted by molar-refractivity contribution is -0.142. The van der Waals surface area contributed by atoms with Crippen LogP contribution in [-0.2, 0) is 9.53 Å². The van der Waals surface area contributed by atoms with E-state index in [1.165, 1.54) is 17.9 Å². The lowest BCUT2D eigenvalue weighted by Crippen LogP contribution is -2.42. The molecule has 8 heteroatoms. The van der Waals surface area contributed by atoms with Crippen LogP contribution >= 0.6 is 11.8 Å². The average Bonchev–Trinajstić information content (AvgIpc) is 2.77. The van der Waals surface area contributed by atoms with Crippen LogP contribution in [0.3, 0.4) is 0 Å². The van der Waals surface area contributed by atoms with E-state index in [1.54, 1.807) is 60.4 Å². The number of amides is 1. The second-order valence-electron chi connectivity index (χ2n) is 6.28. The van der Waals surface area contributed by atoms with Crippen LogP contribution in [0.4, 0.5) is 0 Å². The van der Waals surface area contributed by atoms with E-state index in [1.807, 2.05) is 6.26 Å². The summed E-state index contributed by atoms with van der Waals surface area (Å²) in [5.74, 6) is 0.134. The van der Waals surface area contributed by atoms with Gasteiger partial charge in [0.2, 0.25) is 0 Å². The number of ether oxygens (including phenoxy) is 1. The Balaban J connectivity index is 2.08. The number of methoxy groups -OCH3 is 1. The van der Waals surface area contributed by atoms with Crippen LogP contribution < -0.4 is 10.9 Å². The van der Waals surface area contributed by atoms with Gasteiger partial charge in [-0.3, -0.25) is 14.2 Å². The molecule has 0 bridgehead atoms. The van der Waals surface area contributed by atoms with Crippen molar-refractivity contribution in [2.24, 2.45) is 0 Å². The lowest BCUT2D eigenvalue weighted by atomic mass is 10.1. The predicted octanol–water partition coefficient (Wildman–Crippen LogP) is 2.41. The van der Waals surface area contributed by atoms with Gasteiger partial charge in [0.25, 0.3) is 11.5 Å². The van der Waals surface area contributed by atoms with Crippen LogP contribution in [0.15, 0.2) is 59.7 Å². The van der Waals surface area contributed by atoms with Crippen LogP contribution in [0.1, 0.15) is 16.8 Å². The molecule has 0 fully saturated rings. The molecular formula is C21H21N3O4S. The molecular weight excluding hydrogens is 390 g/mol. The number of nitrogens with zero attached hydrogens (tertiary/aromatic N) is 2. The smallest absolute Gasteiger partial charge is 0.328 e. The van der Waals surface area contributed by atoms with Crippen molar-refractivity contribution in [3.8, 4) is 5.82 Å². The molecule has 0 saturated carbocycles. The van der Waals surface area contributed by atoms with Crippen LogP contribution in [0.5, 0.6) is 0 Å². The highest BCUT2D eigenvalue weighted by Crippen LogP contribution is 2.17. The standard InChI is InChI=1S/C21H21N3O4S/c1-28-21(27)17(10-12-29-2)23-19(25)16-13-24(18-9-5-6-11-22-18)20(26)15-8-4-3-7-14(15)16/h3-9,11,13,17H,10,12H2,1-2H3,(H,23,25)/t17-/m1/s1. The number of thioether (sulfide) groups is 1. The van der Waals surface area contributed by atoms with E-state index < -0.39 is 17.9 Å². The third-order valence-electron chi connectivity index (χ3n) is 4.47. The molecule has 3 rings (SSSR count). The molecule has 3 aromatic rings. The van der Waals surface area contributed by atoms with Gasteiger partial charge in [-0.2, -0.15) is 11.8 Å². The molecule has 0 aliphatic heterocycles. The number of aromatic nitrogens is 2. The molecule has 0 aliphatic rings. The Morgan fingerprint density at radius 3 is 2.55 bits per heavy atom. The second kappa shape index (κ2) is 9.38. The summed E-state index contributed by atoms with van der Waals surface area (Å²) in [5.41, 5.74) is 0.00617. The van der Waals surface area contributed by atoms with Gasteiger partial charge in [-0.05, 0) is 36.6 Å². The third kappa shape index (κ3) is 4.48. The van der Waals surface area contributed by atoms with Gasteiger partial charge in [0.1, 0.15) is 11.9 Å². The first-order valence-corrected chi connectivity index (χ1v) is 10.4. The van der Waals surface area contributed by atoms with Crippen molar-refractivity contribution < 1.29 is 14.3 Å². The summed E-state index contributed by atoms with van der Waals surface area (Å²) in [6, 6.07) is 11.3. The minimum absolute atomic E-state index is 0.275. The molecule has 1 N–H and O–H groups in total. The van der Waals surface area contributed by atoms with E-state index in [4.69, 9.17) is 4.74 Å². The van der Waals surface area contributed by atoms with E-state index in [0.717, 1.165) is 0 Å². The second-order valence-corrected chi connectivity index (χ2v) is 7.27. The van der Waals surface area contributed by atoms with Gasteiger partial charge >= 0.3 is 5.97 Å². The Hall–Kier alpha value is -3.13. The number of benzene rings is 1. The zero-order chi connectivity index (χ0) is 20.8. The monoisotopic (exact) mass is 411 g/mol. The Morgan fingerprint density at radius 2 is 1.90 bits per heavy atom. The van der Waals surface area contributed by atoms with E-state index in [2.05, 4.69) is 10.3 Å². The van der Waals surface area contributed by atoms with Gasteiger partial charge in [-0.1, -0.05) is 24.3 Å². The number of rotatable bonds is 7. The molecule has 1 aromatic carbocycles. The molecule has 7 nitrogen and oxygen atoms in total. The maximum atomic E-state index is 13.1. The molecule has 0 saturated heterocycles. The van der Waals surface area contributed by atoms with Gasteiger partial charge < -0.3 is 10.1 Å². The number of carbonyl (C=O) groups excluding carboxylic acids is 2. The van der Waals surface area contributed by atoms with Crippen LogP contribution in [0.2, 0.25) is 0 Å². The zero-order valence-corrected chi connectivity index (χ0v) is 16.9. The average molecular weight is 411 g/mol. The van der Waals surface area contributed by atoms with Crippen LogP contribution in [-0.4, -0.2) is 46.6 Å². The van der Waals surface area contributed by atoms with E-state index in [-0.39, 0.29) is 11.1 Å². The number of nitrogens with one attached hydrogen (secondary N) is 1. The summed E-state index contributed by atoms with van der Waals surface area (Å²) in [6.45, 7) is 0. The summed E-state index contributed by atoms with van der Waals surface area (Å²) in [6.07, 6.45) is 5.40. The van der Waals surface area contributed by atoms with Crippen LogP contribution in [0, 0.1) is 0 Å². The molecule has 150 valence electrons. The summed E-state index contributed by atoms with van der Waals surface area (Å²) in [5, 5.41) is 3.65. The summed E-state index contributed by atoms with van der Waals surface area (Å²) in [4.78, 5) is 42.3. The van der Waals surface area contributed by atoms with E-state index in [0.29, 0.717) is 28.8 Å². The quantitative estimate of drug-likeness (QED) is 0.601. The Morgan fingerprint density at radius 1 is 1.17 bits per heavy atom.